The summed E-state index contributed by atoms with van der Waals surface area (Å²) in [6.45, 7) is 7.05. The van der Waals surface area contributed by atoms with Gasteiger partial charge in [-0.25, -0.2) is 0 Å². The molecule has 1 atom stereocenters. The molecule has 2 N–H and O–H groups in total. The van der Waals surface area contributed by atoms with Gasteiger partial charge in [0.25, 0.3) is 0 Å². The highest BCUT2D eigenvalue weighted by molar-refractivity contribution is 5.26. The SMILES string of the molecule is COc1cc(C)nc(CNC(CO)CC(C)C)c1. The molecule has 4 heteroatoms. The summed E-state index contributed by atoms with van der Waals surface area (Å²) in [6.07, 6.45) is 0.958. The third-order valence-electron chi connectivity index (χ3n) is 2.76. The van der Waals surface area contributed by atoms with Gasteiger partial charge in [0.15, 0.2) is 0 Å². The summed E-state index contributed by atoms with van der Waals surface area (Å²) in [5.74, 6) is 1.39. The lowest BCUT2D eigenvalue weighted by Crippen LogP contribution is -2.33. The number of nitrogens with one attached hydrogen (secondary N) is 1. The lowest BCUT2D eigenvalue weighted by atomic mass is 10.0. The molecule has 0 radical (unpaired) electrons. The number of aromatic nitrogens is 1. The second-order valence-electron chi connectivity index (χ2n) is 5.03. The van der Waals surface area contributed by atoms with Gasteiger partial charge in [-0.3, -0.25) is 4.98 Å². The largest absolute Gasteiger partial charge is 0.497 e. The van der Waals surface area contributed by atoms with Crippen molar-refractivity contribution in [3.63, 3.8) is 0 Å². The molecule has 0 amide bonds. The smallest absolute Gasteiger partial charge is 0.122 e. The van der Waals surface area contributed by atoms with Crippen molar-refractivity contribution >= 4 is 0 Å². The van der Waals surface area contributed by atoms with E-state index in [4.69, 9.17) is 4.74 Å². The molecule has 4 nitrogen and oxygen atoms in total. The second kappa shape index (κ2) is 7.34. The number of methoxy groups -OCH3 is 1. The third kappa shape index (κ3) is 5.02. The topological polar surface area (TPSA) is 54.4 Å². The second-order valence-corrected chi connectivity index (χ2v) is 5.03. The molecule has 0 aliphatic rings. The van der Waals surface area contributed by atoms with E-state index in [-0.39, 0.29) is 12.6 Å². The van der Waals surface area contributed by atoms with Crippen LogP contribution in [0.1, 0.15) is 31.7 Å². The third-order valence-corrected chi connectivity index (χ3v) is 2.76. The minimum Gasteiger partial charge on any atom is -0.497 e. The van der Waals surface area contributed by atoms with Crippen molar-refractivity contribution in [3.05, 3.63) is 23.5 Å². The number of aliphatic hydroxyl groups is 1. The van der Waals surface area contributed by atoms with Crippen molar-refractivity contribution in [1.29, 1.82) is 0 Å². The quantitative estimate of drug-likeness (QED) is 0.778. The Morgan fingerprint density at radius 2 is 2.11 bits per heavy atom. The molecular formula is C14H24N2O2. The molecule has 0 aliphatic heterocycles. The van der Waals surface area contributed by atoms with Crippen molar-refractivity contribution < 1.29 is 9.84 Å². The fourth-order valence-electron chi connectivity index (χ4n) is 1.95. The molecule has 1 rings (SSSR count). The number of nitrogens with zero attached hydrogens (tertiary/aromatic N) is 1. The fraction of sp³-hybridized carbons (Fsp3) is 0.643. The molecule has 1 heterocycles. The van der Waals surface area contributed by atoms with Crippen LogP contribution in [0.25, 0.3) is 0 Å². The molecule has 0 saturated carbocycles. The van der Waals surface area contributed by atoms with Crippen molar-refractivity contribution in [2.75, 3.05) is 13.7 Å². The van der Waals surface area contributed by atoms with E-state index in [9.17, 15) is 5.11 Å². The molecule has 1 unspecified atom stereocenters. The highest BCUT2D eigenvalue weighted by Crippen LogP contribution is 2.13. The van der Waals surface area contributed by atoms with Crippen LogP contribution in [0.4, 0.5) is 0 Å². The van der Waals surface area contributed by atoms with Crippen LogP contribution in [-0.4, -0.2) is 29.8 Å². The summed E-state index contributed by atoms with van der Waals surface area (Å²) in [7, 11) is 1.65. The van der Waals surface area contributed by atoms with Gasteiger partial charge in [-0.2, -0.15) is 0 Å². The van der Waals surface area contributed by atoms with Gasteiger partial charge in [0.05, 0.1) is 19.4 Å². The van der Waals surface area contributed by atoms with Crippen LogP contribution in [0.2, 0.25) is 0 Å². The Morgan fingerprint density at radius 1 is 1.39 bits per heavy atom. The van der Waals surface area contributed by atoms with E-state index in [1.807, 2.05) is 19.1 Å². The van der Waals surface area contributed by atoms with E-state index in [0.29, 0.717) is 12.5 Å². The molecule has 0 aromatic carbocycles. The zero-order valence-corrected chi connectivity index (χ0v) is 11.7. The Morgan fingerprint density at radius 3 is 2.67 bits per heavy atom. The normalized spacial score (nSPS) is 12.8. The van der Waals surface area contributed by atoms with Crippen LogP contribution in [0.3, 0.4) is 0 Å². The van der Waals surface area contributed by atoms with Crippen LogP contribution >= 0.6 is 0 Å². The maximum absolute atomic E-state index is 9.30. The summed E-state index contributed by atoms with van der Waals surface area (Å²) in [5.41, 5.74) is 1.88. The predicted molar refractivity (Wildman–Crippen MR) is 72.7 cm³/mol. The Labute approximate surface area is 109 Å². The van der Waals surface area contributed by atoms with Crippen LogP contribution in [-0.2, 0) is 6.54 Å². The van der Waals surface area contributed by atoms with Crippen molar-refractivity contribution in [3.8, 4) is 5.75 Å². The lowest BCUT2D eigenvalue weighted by Gasteiger charge is -2.18. The van der Waals surface area contributed by atoms with Gasteiger partial charge in [-0.15, -0.1) is 0 Å². The summed E-state index contributed by atoms with van der Waals surface area (Å²) < 4.78 is 5.22. The maximum Gasteiger partial charge on any atom is 0.122 e. The van der Waals surface area contributed by atoms with Crippen molar-refractivity contribution in [2.24, 2.45) is 5.92 Å². The van der Waals surface area contributed by atoms with Crippen LogP contribution in [0, 0.1) is 12.8 Å². The van der Waals surface area contributed by atoms with Gasteiger partial charge >= 0.3 is 0 Å². The Bertz CT molecular complexity index is 367. The van der Waals surface area contributed by atoms with Gasteiger partial charge in [0.1, 0.15) is 5.75 Å². The molecule has 1 aromatic rings. The van der Waals surface area contributed by atoms with E-state index < -0.39 is 0 Å². The first kappa shape index (κ1) is 14.9. The average molecular weight is 252 g/mol. The van der Waals surface area contributed by atoms with E-state index in [1.165, 1.54) is 0 Å². The summed E-state index contributed by atoms with van der Waals surface area (Å²) in [4.78, 5) is 4.44. The summed E-state index contributed by atoms with van der Waals surface area (Å²) >= 11 is 0. The van der Waals surface area contributed by atoms with Gasteiger partial charge < -0.3 is 15.2 Å². The standard InChI is InChI=1S/C14H24N2O2/c1-10(2)5-13(9-17)15-8-12-7-14(18-4)6-11(3)16-12/h6-7,10,13,15,17H,5,8-9H2,1-4H3. The highest BCUT2D eigenvalue weighted by Gasteiger charge is 2.10. The minimum absolute atomic E-state index is 0.123. The zero-order chi connectivity index (χ0) is 13.5. The fourth-order valence-corrected chi connectivity index (χ4v) is 1.95. The number of hydrogen-bond donors (Lipinski definition) is 2. The monoisotopic (exact) mass is 252 g/mol. The van der Waals surface area contributed by atoms with E-state index in [2.05, 4.69) is 24.1 Å². The van der Waals surface area contributed by atoms with Gasteiger partial charge in [-0.1, -0.05) is 13.8 Å². The minimum atomic E-state index is 0.123. The first-order valence-corrected chi connectivity index (χ1v) is 6.41. The van der Waals surface area contributed by atoms with Gasteiger partial charge in [0, 0.05) is 30.4 Å². The number of rotatable bonds is 7. The van der Waals surface area contributed by atoms with Crippen molar-refractivity contribution in [2.45, 2.75) is 39.8 Å². The summed E-state index contributed by atoms with van der Waals surface area (Å²) in [5, 5.41) is 12.6. The zero-order valence-electron chi connectivity index (χ0n) is 11.7. The predicted octanol–water partition coefficient (Wildman–Crippen LogP) is 1.90. The molecule has 102 valence electrons. The number of pyridine rings is 1. The molecule has 0 saturated heterocycles. The maximum atomic E-state index is 9.30. The average Bonchev–Trinajstić information content (AvgIpc) is 2.33. The number of ether oxygens (including phenoxy) is 1. The van der Waals surface area contributed by atoms with E-state index >= 15 is 0 Å². The van der Waals surface area contributed by atoms with Crippen LogP contribution in [0.5, 0.6) is 5.75 Å². The molecule has 18 heavy (non-hydrogen) atoms. The Kier molecular flexibility index (Phi) is 6.09. The molecule has 0 bridgehead atoms. The number of hydrogen-bond acceptors (Lipinski definition) is 4. The highest BCUT2D eigenvalue weighted by atomic mass is 16.5. The lowest BCUT2D eigenvalue weighted by molar-refractivity contribution is 0.223. The van der Waals surface area contributed by atoms with Crippen molar-refractivity contribution in [1.82, 2.24) is 10.3 Å². The molecule has 0 spiro atoms. The molecule has 0 aliphatic carbocycles. The first-order chi connectivity index (χ1) is 8.55. The molecule has 1 aromatic heterocycles. The molecular weight excluding hydrogens is 228 g/mol. The number of aryl methyl sites for hydroxylation is 1. The Hall–Kier alpha value is -1.13. The van der Waals surface area contributed by atoms with Gasteiger partial charge in [-0.05, 0) is 19.3 Å². The number of aliphatic hydroxyl groups excluding tert-OH is 1. The van der Waals surface area contributed by atoms with E-state index in [0.717, 1.165) is 23.6 Å². The first-order valence-electron chi connectivity index (χ1n) is 6.41. The Balaban J connectivity index is 2.58. The van der Waals surface area contributed by atoms with Crippen LogP contribution < -0.4 is 10.1 Å². The molecule has 0 fully saturated rings. The van der Waals surface area contributed by atoms with E-state index in [1.54, 1.807) is 7.11 Å². The summed E-state index contributed by atoms with van der Waals surface area (Å²) in [6, 6.07) is 3.95. The van der Waals surface area contributed by atoms with Gasteiger partial charge in [0.2, 0.25) is 0 Å². The van der Waals surface area contributed by atoms with Crippen LogP contribution in [0.15, 0.2) is 12.1 Å².